The molecule has 106 valence electrons. The first-order chi connectivity index (χ1) is 8.99. The third-order valence-corrected chi connectivity index (χ3v) is 4.85. The summed E-state index contributed by atoms with van der Waals surface area (Å²) in [4.78, 5) is 2.36. The Labute approximate surface area is 124 Å². The number of aliphatic hydroxyl groups is 1. The van der Waals surface area contributed by atoms with Crippen LogP contribution in [0.3, 0.4) is 0 Å². The Hall–Kier alpha value is -0.540. The molecule has 3 heteroatoms. The Balaban J connectivity index is 2.22. The molecule has 2 nitrogen and oxygen atoms in total. The van der Waals surface area contributed by atoms with E-state index in [1.54, 1.807) is 0 Å². The molecular formula is C16H24BrNO. The van der Waals surface area contributed by atoms with Crippen molar-refractivity contribution in [3.8, 4) is 0 Å². The molecule has 2 rings (SSSR count). The van der Waals surface area contributed by atoms with Crippen LogP contribution in [0.5, 0.6) is 0 Å². The molecule has 1 aromatic carbocycles. The van der Waals surface area contributed by atoms with Crippen molar-refractivity contribution in [2.24, 2.45) is 5.92 Å². The zero-order valence-electron chi connectivity index (χ0n) is 12.1. The first-order valence-electron chi connectivity index (χ1n) is 7.19. The molecule has 0 bridgehead atoms. The fourth-order valence-corrected chi connectivity index (χ4v) is 3.35. The predicted molar refractivity (Wildman–Crippen MR) is 84.6 cm³/mol. The third-order valence-electron chi connectivity index (χ3n) is 4.36. The van der Waals surface area contributed by atoms with Crippen molar-refractivity contribution >= 4 is 21.6 Å². The number of nitrogens with zero attached hydrogens (tertiary/aromatic N) is 1. The molecule has 1 atom stereocenters. The molecule has 19 heavy (non-hydrogen) atoms. The molecule has 1 aliphatic carbocycles. The summed E-state index contributed by atoms with van der Waals surface area (Å²) in [5, 5.41) is 9.94. The van der Waals surface area contributed by atoms with Crippen molar-refractivity contribution in [1.82, 2.24) is 0 Å². The molecule has 1 saturated carbocycles. The predicted octanol–water partition coefficient (Wildman–Crippen LogP) is 4.52. The minimum Gasteiger partial charge on any atom is -0.389 e. The maximum Gasteiger partial charge on any atom is 0.0782 e. The largest absolute Gasteiger partial charge is 0.389 e. The SMILES string of the molecule is CC1CCC(N(C)c2cc(Br)ccc2C(C)O)CC1. The van der Waals surface area contributed by atoms with E-state index in [2.05, 4.69) is 40.9 Å². The lowest BCUT2D eigenvalue weighted by atomic mass is 9.86. The normalized spacial score (nSPS) is 25.1. The molecule has 0 aliphatic heterocycles. The molecule has 0 spiro atoms. The lowest BCUT2D eigenvalue weighted by molar-refractivity contribution is 0.199. The van der Waals surface area contributed by atoms with Gasteiger partial charge in [-0.15, -0.1) is 0 Å². The van der Waals surface area contributed by atoms with Gasteiger partial charge in [0.05, 0.1) is 6.10 Å². The van der Waals surface area contributed by atoms with Gasteiger partial charge in [-0.2, -0.15) is 0 Å². The fourth-order valence-electron chi connectivity index (χ4n) is 3.00. The number of hydrogen-bond acceptors (Lipinski definition) is 2. The molecule has 0 amide bonds. The van der Waals surface area contributed by atoms with E-state index in [0.717, 1.165) is 21.6 Å². The van der Waals surface area contributed by atoms with Gasteiger partial charge in [-0.3, -0.25) is 0 Å². The second-order valence-electron chi connectivity index (χ2n) is 5.90. The smallest absolute Gasteiger partial charge is 0.0782 e. The van der Waals surface area contributed by atoms with Crippen molar-refractivity contribution in [3.63, 3.8) is 0 Å². The Morgan fingerprint density at radius 1 is 1.26 bits per heavy atom. The fraction of sp³-hybridized carbons (Fsp3) is 0.625. The zero-order chi connectivity index (χ0) is 14.0. The molecule has 1 aliphatic rings. The molecule has 0 aromatic heterocycles. The topological polar surface area (TPSA) is 23.5 Å². The molecule has 0 heterocycles. The van der Waals surface area contributed by atoms with E-state index in [4.69, 9.17) is 0 Å². The van der Waals surface area contributed by atoms with Gasteiger partial charge in [0, 0.05) is 28.8 Å². The number of rotatable bonds is 3. The quantitative estimate of drug-likeness (QED) is 0.883. The van der Waals surface area contributed by atoms with Crippen LogP contribution < -0.4 is 4.90 Å². The van der Waals surface area contributed by atoms with Crippen molar-refractivity contribution in [3.05, 3.63) is 28.2 Å². The highest BCUT2D eigenvalue weighted by atomic mass is 79.9. The number of benzene rings is 1. The number of hydrogen-bond donors (Lipinski definition) is 1. The highest BCUT2D eigenvalue weighted by Gasteiger charge is 2.24. The number of anilines is 1. The Bertz CT molecular complexity index is 425. The Kier molecular flexibility index (Phi) is 4.91. The molecule has 0 radical (unpaired) electrons. The van der Waals surface area contributed by atoms with Crippen LogP contribution in [-0.4, -0.2) is 18.2 Å². The molecular weight excluding hydrogens is 302 g/mol. The monoisotopic (exact) mass is 325 g/mol. The van der Waals surface area contributed by atoms with Gasteiger partial charge >= 0.3 is 0 Å². The van der Waals surface area contributed by atoms with Gasteiger partial charge in [-0.25, -0.2) is 0 Å². The summed E-state index contributed by atoms with van der Waals surface area (Å²) in [5.41, 5.74) is 2.17. The average molecular weight is 326 g/mol. The number of halogens is 1. The van der Waals surface area contributed by atoms with Crippen LogP contribution in [0, 0.1) is 5.92 Å². The van der Waals surface area contributed by atoms with E-state index in [-0.39, 0.29) is 0 Å². The van der Waals surface area contributed by atoms with Crippen LogP contribution in [0.1, 0.15) is 51.2 Å². The van der Waals surface area contributed by atoms with Gasteiger partial charge in [0.25, 0.3) is 0 Å². The summed E-state index contributed by atoms with van der Waals surface area (Å²) in [6, 6.07) is 6.75. The summed E-state index contributed by atoms with van der Waals surface area (Å²) in [7, 11) is 2.16. The van der Waals surface area contributed by atoms with Crippen molar-refractivity contribution in [1.29, 1.82) is 0 Å². The van der Waals surface area contributed by atoms with Gasteiger partial charge in [-0.1, -0.05) is 28.9 Å². The van der Waals surface area contributed by atoms with Gasteiger partial charge in [0.1, 0.15) is 0 Å². The lowest BCUT2D eigenvalue weighted by Crippen LogP contribution is -2.35. The number of aliphatic hydroxyl groups excluding tert-OH is 1. The Morgan fingerprint density at radius 3 is 2.47 bits per heavy atom. The molecule has 0 saturated heterocycles. The summed E-state index contributed by atoms with van der Waals surface area (Å²) in [6.45, 7) is 4.18. The van der Waals surface area contributed by atoms with Crippen LogP contribution in [-0.2, 0) is 0 Å². The van der Waals surface area contributed by atoms with Crippen LogP contribution >= 0.6 is 15.9 Å². The zero-order valence-corrected chi connectivity index (χ0v) is 13.7. The lowest BCUT2D eigenvalue weighted by Gasteiger charge is -2.36. The first-order valence-corrected chi connectivity index (χ1v) is 7.98. The molecule has 1 aromatic rings. The standard InChI is InChI=1S/C16H24BrNO/c1-11-4-7-14(8-5-11)18(3)16-10-13(17)6-9-15(16)12(2)19/h6,9-12,14,19H,4-5,7-8H2,1-3H3. The second kappa shape index (κ2) is 6.27. The van der Waals surface area contributed by atoms with E-state index in [1.807, 2.05) is 19.1 Å². The molecule has 1 N–H and O–H groups in total. The molecule has 1 fully saturated rings. The van der Waals surface area contributed by atoms with Gasteiger partial charge in [-0.05, 0) is 50.7 Å². The first kappa shape index (κ1) is 14.9. The van der Waals surface area contributed by atoms with E-state index >= 15 is 0 Å². The van der Waals surface area contributed by atoms with Crippen molar-refractivity contribution in [2.45, 2.75) is 51.7 Å². The third kappa shape index (κ3) is 3.51. The van der Waals surface area contributed by atoms with E-state index < -0.39 is 6.10 Å². The minimum absolute atomic E-state index is 0.423. The average Bonchev–Trinajstić information content (AvgIpc) is 2.38. The van der Waals surface area contributed by atoms with Gasteiger partial charge in [0.2, 0.25) is 0 Å². The summed E-state index contributed by atoms with van der Waals surface area (Å²) in [5.74, 6) is 0.864. The van der Waals surface area contributed by atoms with Gasteiger partial charge in [0.15, 0.2) is 0 Å². The second-order valence-corrected chi connectivity index (χ2v) is 6.82. The highest BCUT2D eigenvalue weighted by Crippen LogP contribution is 2.34. The summed E-state index contributed by atoms with van der Waals surface area (Å²) in [6.07, 6.45) is 4.71. The van der Waals surface area contributed by atoms with E-state index in [9.17, 15) is 5.11 Å². The van der Waals surface area contributed by atoms with Gasteiger partial charge < -0.3 is 10.0 Å². The van der Waals surface area contributed by atoms with E-state index in [0.29, 0.717) is 6.04 Å². The van der Waals surface area contributed by atoms with Crippen LogP contribution in [0.2, 0.25) is 0 Å². The maximum absolute atomic E-state index is 9.94. The summed E-state index contributed by atoms with van der Waals surface area (Å²) < 4.78 is 1.07. The molecule has 1 unspecified atom stereocenters. The van der Waals surface area contributed by atoms with Crippen molar-refractivity contribution < 1.29 is 5.11 Å². The van der Waals surface area contributed by atoms with Crippen molar-refractivity contribution in [2.75, 3.05) is 11.9 Å². The van der Waals surface area contributed by atoms with E-state index in [1.165, 1.54) is 25.7 Å². The highest BCUT2D eigenvalue weighted by molar-refractivity contribution is 9.10. The van der Waals surface area contributed by atoms with Crippen LogP contribution in [0.25, 0.3) is 0 Å². The Morgan fingerprint density at radius 2 is 1.89 bits per heavy atom. The van der Waals surface area contributed by atoms with Crippen LogP contribution in [0.4, 0.5) is 5.69 Å². The maximum atomic E-state index is 9.94. The van der Waals surface area contributed by atoms with Crippen LogP contribution in [0.15, 0.2) is 22.7 Å². The minimum atomic E-state index is -0.423. The summed E-state index contributed by atoms with van der Waals surface area (Å²) >= 11 is 3.54.